The Morgan fingerprint density at radius 1 is 1.38 bits per heavy atom. The summed E-state index contributed by atoms with van der Waals surface area (Å²) in [7, 11) is 0. The summed E-state index contributed by atoms with van der Waals surface area (Å²) in [4.78, 5) is 19.0. The van der Waals surface area contributed by atoms with Crippen molar-refractivity contribution < 1.29 is 9.32 Å². The molecule has 24 heavy (non-hydrogen) atoms. The molecule has 4 rings (SSSR count). The van der Waals surface area contributed by atoms with E-state index < -0.39 is 0 Å². The normalized spacial score (nSPS) is 17.7. The molecular weight excluding hydrogens is 306 g/mol. The summed E-state index contributed by atoms with van der Waals surface area (Å²) in [6, 6.07) is 7.80. The highest BCUT2D eigenvalue weighted by atomic mass is 16.5. The Morgan fingerprint density at radius 2 is 2.25 bits per heavy atom. The molecule has 2 aromatic heterocycles. The van der Waals surface area contributed by atoms with Crippen molar-refractivity contribution in [2.24, 2.45) is 0 Å². The molecule has 0 bridgehead atoms. The first-order valence-corrected chi connectivity index (χ1v) is 8.28. The first-order valence-electron chi connectivity index (χ1n) is 8.28. The molecule has 1 amide bonds. The van der Waals surface area contributed by atoms with E-state index in [1.54, 1.807) is 10.9 Å². The van der Waals surface area contributed by atoms with Gasteiger partial charge in [-0.2, -0.15) is 10.1 Å². The van der Waals surface area contributed by atoms with Gasteiger partial charge in [-0.15, -0.1) is 0 Å². The van der Waals surface area contributed by atoms with Crippen LogP contribution in [-0.4, -0.2) is 37.3 Å². The van der Waals surface area contributed by atoms with Gasteiger partial charge < -0.3 is 9.42 Å². The fraction of sp³-hybridized carbons (Fsp3) is 0.412. The van der Waals surface area contributed by atoms with E-state index in [1.807, 2.05) is 36.1 Å². The predicted octanol–water partition coefficient (Wildman–Crippen LogP) is 2.35. The average molecular weight is 325 g/mol. The molecule has 0 saturated carbocycles. The average Bonchev–Trinajstić information content (AvgIpc) is 3.34. The van der Waals surface area contributed by atoms with E-state index in [0.29, 0.717) is 18.1 Å². The highest BCUT2D eigenvalue weighted by molar-refractivity contribution is 5.82. The number of para-hydroxylation sites is 1. The Hall–Kier alpha value is -2.70. The van der Waals surface area contributed by atoms with E-state index in [2.05, 4.69) is 15.2 Å². The van der Waals surface area contributed by atoms with E-state index in [1.165, 1.54) is 0 Å². The lowest BCUT2D eigenvalue weighted by atomic mass is 10.2. The van der Waals surface area contributed by atoms with Crippen LogP contribution in [0.25, 0.3) is 10.9 Å². The molecule has 0 spiro atoms. The number of hydrogen-bond acceptors (Lipinski definition) is 5. The van der Waals surface area contributed by atoms with Crippen molar-refractivity contribution in [2.75, 3.05) is 6.54 Å². The van der Waals surface area contributed by atoms with E-state index in [-0.39, 0.29) is 18.5 Å². The molecule has 0 radical (unpaired) electrons. The maximum absolute atomic E-state index is 12.8. The maximum Gasteiger partial charge on any atom is 0.244 e. The fourth-order valence-electron chi connectivity index (χ4n) is 3.25. The second-order valence-electron chi connectivity index (χ2n) is 6.01. The van der Waals surface area contributed by atoms with Gasteiger partial charge in [0.05, 0.1) is 17.8 Å². The molecule has 3 heterocycles. The van der Waals surface area contributed by atoms with Crippen LogP contribution in [0.3, 0.4) is 0 Å². The Balaban J connectivity index is 1.54. The minimum atomic E-state index is -0.0941. The number of fused-ring (bicyclic) bond motifs is 1. The van der Waals surface area contributed by atoms with E-state index in [4.69, 9.17) is 4.52 Å². The lowest BCUT2D eigenvalue weighted by Gasteiger charge is -2.22. The molecule has 124 valence electrons. The standard InChI is InChI=1S/C17H19N5O2/c1-2-15-19-17(20-24-15)14-8-5-9-21(14)16(23)11-22-13-7-4-3-6-12(13)10-18-22/h3-4,6-7,10,14H,2,5,8-9,11H2,1H3/t14-/m0/s1. The van der Waals surface area contributed by atoms with Gasteiger partial charge in [-0.3, -0.25) is 9.48 Å². The Bertz CT molecular complexity index is 869. The van der Waals surface area contributed by atoms with Crippen LogP contribution >= 0.6 is 0 Å². The summed E-state index contributed by atoms with van der Waals surface area (Å²) in [5.41, 5.74) is 0.967. The zero-order valence-corrected chi connectivity index (χ0v) is 13.6. The molecular formula is C17H19N5O2. The minimum absolute atomic E-state index is 0.0363. The molecule has 1 fully saturated rings. The largest absolute Gasteiger partial charge is 0.339 e. The van der Waals surface area contributed by atoms with Crippen LogP contribution in [0.1, 0.15) is 37.5 Å². The number of amides is 1. The number of aromatic nitrogens is 4. The molecule has 0 unspecified atom stereocenters. The first-order chi connectivity index (χ1) is 11.8. The highest BCUT2D eigenvalue weighted by Crippen LogP contribution is 2.30. The van der Waals surface area contributed by atoms with Crippen LogP contribution in [0.4, 0.5) is 0 Å². The smallest absolute Gasteiger partial charge is 0.244 e. The third-order valence-corrected chi connectivity index (χ3v) is 4.49. The fourth-order valence-corrected chi connectivity index (χ4v) is 3.25. The quantitative estimate of drug-likeness (QED) is 0.736. The topological polar surface area (TPSA) is 77.1 Å². The molecule has 7 nitrogen and oxygen atoms in total. The van der Waals surface area contributed by atoms with Crippen LogP contribution in [0.2, 0.25) is 0 Å². The summed E-state index contributed by atoms with van der Waals surface area (Å²) in [5, 5.41) is 9.42. The Kier molecular flexibility index (Phi) is 3.76. The van der Waals surface area contributed by atoms with Crippen molar-refractivity contribution in [1.82, 2.24) is 24.8 Å². The van der Waals surface area contributed by atoms with Gasteiger partial charge in [0.1, 0.15) is 6.54 Å². The van der Waals surface area contributed by atoms with Gasteiger partial charge in [0.2, 0.25) is 11.8 Å². The molecule has 3 aromatic rings. The number of benzene rings is 1. The number of carbonyl (C=O) groups is 1. The molecule has 1 saturated heterocycles. The third-order valence-electron chi connectivity index (χ3n) is 4.49. The third kappa shape index (κ3) is 2.55. The molecule has 1 aromatic carbocycles. The van der Waals surface area contributed by atoms with Gasteiger partial charge in [-0.25, -0.2) is 0 Å². The highest BCUT2D eigenvalue weighted by Gasteiger charge is 2.33. The number of carbonyl (C=O) groups excluding carboxylic acids is 1. The summed E-state index contributed by atoms with van der Waals surface area (Å²) >= 11 is 0. The Morgan fingerprint density at radius 3 is 3.08 bits per heavy atom. The van der Waals surface area contributed by atoms with Crippen LogP contribution in [0.15, 0.2) is 35.0 Å². The van der Waals surface area contributed by atoms with Crippen molar-refractivity contribution >= 4 is 16.8 Å². The molecule has 1 aliphatic rings. The minimum Gasteiger partial charge on any atom is -0.339 e. The van der Waals surface area contributed by atoms with Crippen molar-refractivity contribution in [3.63, 3.8) is 0 Å². The second kappa shape index (κ2) is 6.07. The maximum atomic E-state index is 12.8. The van der Waals surface area contributed by atoms with E-state index >= 15 is 0 Å². The van der Waals surface area contributed by atoms with Gasteiger partial charge >= 0.3 is 0 Å². The molecule has 0 aliphatic carbocycles. The van der Waals surface area contributed by atoms with Crippen LogP contribution < -0.4 is 0 Å². The molecule has 1 aliphatic heterocycles. The number of rotatable bonds is 4. The molecule has 7 heteroatoms. The lowest BCUT2D eigenvalue weighted by Crippen LogP contribution is -2.34. The monoisotopic (exact) mass is 325 g/mol. The van der Waals surface area contributed by atoms with Crippen LogP contribution in [0.5, 0.6) is 0 Å². The van der Waals surface area contributed by atoms with Crippen LogP contribution in [-0.2, 0) is 17.8 Å². The van der Waals surface area contributed by atoms with Gasteiger partial charge in [0, 0.05) is 18.4 Å². The lowest BCUT2D eigenvalue weighted by molar-refractivity contribution is -0.133. The Labute approximate surface area is 139 Å². The second-order valence-corrected chi connectivity index (χ2v) is 6.01. The van der Waals surface area contributed by atoms with E-state index in [0.717, 1.165) is 30.3 Å². The zero-order valence-electron chi connectivity index (χ0n) is 13.6. The summed E-state index contributed by atoms with van der Waals surface area (Å²) in [5.74, 6) is 1.26. The SMILES string of the molecule is CCc1nc([C@@H]2CCCN2C(=O)Cn2ncc3ccccc32)no1. The van der Waals surface area contributed by atoms with E-state index in [9.17, 15) is 4.79 Å². The van der Waals surface area contributed by atoms with Gasteiger partial charge in [0.15, 0.2) is 5.82 Å². The number of nitrogens with zero attached hydrogens (tertiary/aromatic N) is 5. The summed E-state index contributed by atoms with van der Waals surface area (Å²) in [6.45, 7) is 2.92. The summed E-state index contributed by atoms with van der Waals surface area (Å²) in [6.07, 6.45) is 4.31. The van der Waals surface area contributed by atoms with Gasteiger partial charge in [0.25, 0.3) is 0 Å². The molecule has 1 atom stereocenters. The van der Waals surface area contributed by atoms with Crippen molar-refractivity contribution in [3.05, 3.63) is 42.2 Å². The van der Waals surface area contributed by atoms with Gasteiger partial charge in [-0.05, 0) is 18.9 Å². The van der Waals surface area contributed by atoms with Crippen molar-refractivity contribution in [2.45, 2.75) is 38.8 Å². The van der Waals surface area contributed by atoms with Crippen molar-refractivity contribution in [1.29, 1.82) is 0 Å². The molecule has 0 N–H and O–H groups in total. The van der Waals surface area contributed by atoms with Crippen molar-refractivity contribution in [3.8, 4) is 0 Å². The zero-order chi connectivity index (χ0) is 16.5. The summed E-state index contributed by atoms with van der Waals surface area (Å²) < 4.78 is 6.95. The predicted molar refractivity (Wildman–Crippen MR) is 87.1 cm³/mol. The number of likely N-dealkylation sites (tertiary alicyclic amines) is 1. The van der Waals surface area contributed by atoms with Gasteiger partial charge in [-0.1, -0.05) is 30.3 Å². The number of aryl methyl sites for hydroxylation is 1. The first kappa shape index (κ1) is 14.9. The van der Waals surface area contributed by atoms with Crippen LogP contribution in [0, 0.1) is 0 Å². The number of hydrogen-bond donors (Lipinski definition) is 0.